The molecule has 6 heteroatoms. The Kier molecular flexibility index (Phi) is 4.24. The molecule has 0 radical (unpaired) electrons. The molecule has 0 bridgehead atoms. The lowest BCUT2D eigenvalue weighted by Crippen LogP contribution is -2.27. The maximum atomic E-state index is 12.0. The van der Waals surface area contributed by atoms with Crippen LogP contribution >= 0.6 is 11.3 Å². The number of hydrogen-bond donors (Lipinski definition) is 2. The number of furan rings is 1. The Labute approximate surface area is 114 Å². The lowest BCUT2D eigenvalue weighted by Gasteiger charge is -2.09. The van der Waals surface area contributed by atoms with Crippen molar-refractivity contribution < 1.29 is 19.1 Å². The van der Waals surface area contributed by atoms with Crippen LogP contribution in [-0.4, -0.2) is 24.7 Å². The van der Waals surface area contributed by atoms with Crippen molar-refractivity contribution in [3.63, 3.8) is 0 Å². The fourth-order valence-corrected chi connectivity index (χ4v) is 2.55. The van der Waals surface area contributed by atoms with Gasteiger partial charge >= 0.3 is 0 Å². The average Bonchev–Trinajstić information content (AvgIpc) is 3.04. The highest BCUT2D eigenvalue weighted by atomic mass is 32.1. The minimum atomic E-state index is -0.856. The van der Waals surface area contributed by atoms with Crippen molar-refractivity contribution >= 4 is 17.2 Å². The highest BCUT2D eigenvalue weighted by molar-refractivity contribution is 7.14. The van der Waals surface area contributed by atoms with Gasteiger partial charge in [0.25, 0.3) is 5.91 Å². The van der Waals surface area contributed by atoms with Gasteiger partial charge in [0, 0.05) is 4.88 Å². The normalized spacial score (nSPS) is 12.2. The molecule has 1 unspecified atom stereocenters. The van der Waals surface area contributed by atoms with Crippen molar-refractivity contribution in [2.75, 3.05) is 13.7 Å². The van der Waals surface area contributed by atoms with Crippen molar-refractivity contribution in [1.82, 2.24) is 5.32 Å². The van der Waals surface area contributed by atoms with E-state index in [2.05, 4.69) is 5.32 Å². The molecule has 0 aromatic carbocycles. The molecule has 0 fully saturated rings. The molecule has 2 heterocycles. The third kappa shape index (κ3) is 3.15. The fraction of sp³-hybridized carbons (Fsp3) is 0.308. The van der Waals surface area contributed by atoms with E-state index >= 15 is 0 Å². The summed E-state index contributed by atoms with van der Waals surface area (Å²) >= 11 is 1.35. The second-order valence-electron chi connectivity index (χ2n) is 4.00. The topological polar surface area (TPSA) is 71.7 Å². The predicted octanol–water partition coefficient (Wildman–Crippen LogP) is 2.12. The molecule has 0 saturated carbocycles. The molecule has 102 valence electrons. The first-order chi connectivity index (χ1) is 9.11. The summed E-state index contributed by atoms with van der Waals surface area (Å²) in [5, 5.41) is 12.5. The Morgan fingerprint density at radius 1 is 1.63 bits per heavy atom. The summed E-state index contributed by atoms with van der Waals surface area (Å²) in [6.07, 6.45) is 0.623. The zero-order valence-corrected chi connectivity index (χ0v) is 11.5. The molecule has 0 saturated heterocycles. The highest BCUT2D eigenvalue weighted by Gasteiger charge is 2.18. The zero-order valence-electron chi connectivity index (χ0n) is 10.7. The summed E-state index contributed by atoms with van der Waals surface area (Å²) in [7, 11) is 1.52. The Hall–Kier alpha value is -1.79. The van der Waals surface area contributed by atoms with Crippen LogP contribution in [0.15, 0.2) is 28.9 Å². The minimum absolute atomic E-state index is 0.0897. The number of amides is 1. The largest absolute Gasteiger partial charge is 0.495 e. The lowest BCUT2D eigenvalue weighted by molar-refractivity contribution is 0.0902. The van der Waals surface area contributed by atoms with E-state index in [4.69, 9.17) is 9.15 Å². The second kappa shape index (κ2) is 5.90. The van der Waals surface area contributed by atoms with Crippen LogP contribution in [0.25, 0.3) is 0 Å². The number of aliphatic hydroxyl groups is 1. The molecule has 2 aromatic heterocycles. The summed E-state index contributed by atoms with van der Waals surface area (Å²) < 4.78 is 10.2. The zero-order chi connectivity index (χ0) is 13.8. The molecule has 0 aliphatic rings. The monoisotopic (exact) mass is 281 g/mol. The lowest BCUT2D eigenvalue weighted by atomic mass is 10.2. The van der Waals surface area contributed by atoms with Gasteiger partial charge in [0.2, 0.25) is 0 Å². The van der Waals surface area contributed by atoms with Crippen LogP contribution in [0.2, 0.25) is 0 Å². The number of ether oxygens (including phenoxy) is 1. The maximum absolute atomic E-state index is 12.0. The predicted molar refractivity (Wildman–Crippen MR) is 71.6 cm³/mol. The number of hydrogen-bond acceptors (Lipinski definition) is 5. The van der Waals surface area contributed by atoms with E-state index in [0.29, 0.717) is 16.4 Å². The number of rotatable bonds is 5. The number of carbonyl (C=O) groups excluding carboxylic acids is 1. The van der Waals surface area contributed by atoms with E-state index in [-0.39, 0.29) is 12.5 Å². The van der Waals surface area contributed by atoms with Gasteiger partial charge in [0.1, 0.15) is 22.5 Å². The van der Waals surface area contributed by atoms with Crippen LogP contribution in [0, 0.1) is 6.92 Å². The van der Waals surface area contributed by atoms with E-state index in [1.807, 2.05) is 13.0 Å². The van der Waals surface area contributed by atoms with Crippen LogP contribution in [0.5, 0.6) is 5.75 Å². The molecule has 1 atom stereocenters. The SMILES string of the molecule is COc1cc(C)sc1C(=O)NCC(O)c1ccco1. The summed E-state index contributed by atoms with van der Waals surface area (Å²) in [6.45, 7) is 1.99. The van der Waals surface area contributed by atoms with Gasteiger partial charge in [0.05, 0.1) is 19.9 Å². The fourth-order valence-electron chi connectivity index (χ4n) is 1.65. The van der Waals surface area contributed by atoms with Gasteiger partial charge in [-0.3, -0.25) is 4.79 Å². The summed E-state index contributed by atoms with van der Waals surface area (Å²) in [6, 6.07) is 5.15. The van der Waals surface area contributed by atoms with Gasteiger partial charge in [-0.2, -0.15) is 0 Å². The number of aryl methyl sites for hydroxylation is 1. The summed E-state index contributed by atoms with van der Waals surface area (Å²) in [5.41, 5.74) is 0. The van der Waals surface area contributed by atoms with Crippen molar-refractivity contribution in [3.8, 4) is 5.75 Å². The molecular weight excluding hydrogens is 266 g/mol. The first-order valence-electron chi connectivity index (χ1n) is 5.76. The van der Waals surface area contributed by atoms with Crippen molar-refractivity contribution in [2.24, 2.45) is 0 Å². The quantitative estimate of drug-likeness (QED) is 0.880. The van der Waals surface area contributed by atoms with E-state index < -0.39 is 6.10 Å². The van der Waals surface area contributed by atoms with Crippen LogP contribution in [-0.2, 0) is 0 Å². The van der Waals surface area contributed by atoms with E-state index in [0.717, 1.165) is 4.88 Å². The number of methoxy groups -OCH3 is 1. The van der Waals surface area contributed by atoms with Gasteiger partial charge in [-0.25, -0.2) is 0 Å². The Bertz CT molecular complexity index is 547. The van der Waals surface area contributed by atoms with Crippen molar-refractivity contribution in [1.29, 1.82) is 0 Å². The number of aliphatic hydroxyl groups excluding tert-OH is 1. The molecule has 2 N–H and O–H groups in total. The van der Waals surface area contributed by atoms with E-state index in [1.165, 1.54) is 24.7 Å². The van der Waals surface area contributed by atoms with Gasteiger partial charge < -0.3 is 19.6 Å². The Balaban J connectivity index is 1.97. The molecular formula is C13H15NO4S. The standard InChI is InChI=1S/C13H15NO4S/c1-8-6-11(17-2)12(19-8)13(16)14-7-9(15)10-4-3-5-18-10/h3-6,9,15H,7H2,1-2H3,(H,14,16). The van der Waals surface area contributed by atoms with E-state index in [1.54, 1.807) is 12.1 Å². The molecule has 2 aromatic rings. The molecule has 5 nitrogen and oxygen atoms in total. The maximum Gasteiger partial charge on any atom is 0.265 e. The number of thiophene rings is 1. The molecule has 1 amide bonds. The van der Waals surface area contributed by atoms with Crippen LogP contribution in [0.4, 0.5) is 0 Å². The highest BCUT2D eigenvalue weighted by Crippen LogP contribution is 2.28. The molecule has 0 aliphatic carbocycles. The summed E-state index contributed by atoms with van der Waals surface area (Å²) in [5.74, 6) is 0.711. The van der Waals surface area contributed by atoms with Gasteiger partial charge in [-0.15, -0.1) is 11.3 Å². The van der Waals surface area contributed by atoms with Gasteiger partial charge in [0.15, 0.2) is 0 Å². The smallest absolute Gasteiger partial charge is 0.265 e. The van der Waals surface area contributed by atoms with Gasteiger partial charge in [-0.1, -0.05) is 0 Å². The average molecular weight is 281 g/mol. The third-order valence-corrected chi connectivity index (χ3v) is 3.61. The molecule has 0 spiro atoms. The van der Waals surface area contributed by atoms with Crippen LogP contribution < -0.4 is 10.1 Å². The van der Waals surface area contributed by atoms with Crippen molar-refractivity contribution in [2.45, 2.75) is 13.0 Å². The van der Waals surface area contributed by atoms with E-state index in [9.17, 15) is 9.90 Å². The Morgan fingerprint density at radius 2 is 2.42 bits per heavy atom. The molecule has 0 aliphatic heterocycles. The minimum Gasteiger partial charge on any atom is -0.495 e. The second-order valence-corrected chi connectivity index (χ2v) is 5.25. The van der Waals surface area contributed by atoms with Crippen LogP contribution in [0.3, 0.4) is 0 Å². The van der Waals surface area contributed by atoms with Gasteiger partial charge in [-0.05, 0) is 25.1 Å². The molecule has 19 heavy (non-hydrogen) atoms. The van der Waals surface area contributed by atoms with Crippen molar-refractivity contribution in [3.05, 3.63) is 40.0 Å². The number of carbonyl (C=O) groups is 1. The third-order valence-electron chi connectivity index (χ3n) is 2.57. The number of nitrogens with one attached hydrogen (secondary N) is 1. The van der Waals surface area contributed by atoms with Crippen LogP contribution in [0.1, 0.15) is 26.4 Å². The summed E-state index contributed by atoms with van der Waals surface area (Å²) in [4.78, 5) is 13.5. The first-order valence-corrected chi connectivity index (χ1v) is 6.57. The molecule has 2 rings (SSSR count). The Morgan fingerprint density at radius 3 is 3.05 bits per heavy atom. The first kappa shape index (κ1) is 13.6.